The predicted molar refractivity (Wildman–Crippen MR) is 80.5 cm³/mol. The van der Waals surface area contributed by atoms with Crippen LogP contribution in [0.3, 0.4) is 0 Å². The number of methoxy groups -OCH3 is 1. The highest BCUT2D eigenvalue weighted by Gasteiger charge is 2.06. The summed E-state index contributed by atoms with van der Waals surface area (Å²) in [6.45, 7) is 3.11. The zero-order chi connectivity index (χ0) is 14.8. The lowest BCUT2D eigenvalue weighted by molar-refractivity contribution is 0.268. The van der Waals surface area contributed by atoms with Gasteiger partial charge in [-0.1, -0.05) is 6.07 Å². The second kappa shape index (κ2) is 9.58. The van der Waals surface area contributed by atoms with Crippen molar-refractivity contribution >= 4 is 0 Å². The molecule has 0 atom stereocenters. The molecule has 0 radical (unpaired) electrons. The third kappa shape index (κ3) is 6.23. The van der Waals surface area contributed by atoms with Gasteiger partial charge in [0.1, 0.15) is 0 Å². The summed E-state index contributed by atoms with van der Waals surface area (Å²) in [6, 6.07) is 5.89. The Balaban J connectivity index is 2.54. The van der Waals surface area contributed by atoms with Crippen molar-refractivity contribution in [1.29, 1.82) is 0 Å². The van der Waals surface area contributed by atoms with Gasteiger partial charge in [0.2, 0.25) is 0 Å². The highest BCUT2D eigenvalue weighted by atomic mass is 16.5. The maximum Gasteiger partial charge on any atom is 0.161 e. The summed E-state index contributed by atoms with van der Waals surface area (Å²) in [5.41, 5.74) is 1.11. The van der Waals surface area contributed by atoms with Crippen molar-refractivity contribution in [2.75, 3.05) is 47.5 Å². The molecule has 20 heavy (non-hydrogen) atoms. The molecule has 0 bridgehead atoms. The lowest BCUT2D eigenvalue weighted by atomic mass is 10.2. The van der Waals surface area contributed by atoms with E-state index in [0.29, 0.717) is 19.7 Å². The molecule has 1 rings (SSSR count). The quantitative estimate of drug-likeness (QED) is 0.630. The number of nitrogens with zero attached hydrogens (tertiary/aromatic N) is 1. The van der Waals surface area contributed by atoms with Crippen LogP contribution in [0.15, 0.2) is 18.2 Å². The molecule has 5 heteroatoms. The Bertz CT molecular complexity index is 383. The van der Waals surface area contributed by atoms with Gasteiger partial charge in [-0.3, -0.25) is 0 Å². The van der Waals surface area contributed by atoms with Crippen LogP contribution in [0, 0.1) is 0 Å². The summed E-state index contributed by atoms with van der Waals surface area (Å²) in [4.78, 5) is 2.13. The van der Waals surface area contributed by atoms with Crippen molar-refractivity contribution in [3.63, 3.8) is 0 Å². The van der Waals surface area contributed by atoms with Gasteiger partial charge in [-0.15, -0.1) is 0 Å². The van der Waals surface area contributed by atoms with Crippen LogP contribution >= 0.6 is 0 Å². The number of aliphatic hydroxyl groups excluding tert-OH is 1. The van der Waals surface area contributed by atoms with Crippen LogP contribution in [-0.2, 0) is 6.54 Å². The van der Waals surface area contributed by atoms with Crippen LogP contribution in [0.4, 0.5) is 0 Å². The normalized spacial score (nSPS) is 10.8. The molecule has 0 unspecified atom stereocenters. The molecule has 5 nitrogen and oxygen atoms in total. The number of nitrogens with one attached hydrogen (secondary N) is 1. The highest BCUT2D eigenvalue weighted by Crippen LogP contribution is 2.28. The molecular formula is C15H26N2O3. The Morgan fingerprint density at radius 1 is 1.25 bits per heavy atom. The Morgan fingerprint density at radius 3 is 2.70 bits per heavy atom. The van der Waals surface area contributed by atoms with Gasteiger partial charge in [-0.25, -0.2) is 0 Å². The van der Waals surface area contributed by atoms with Gasteiger partial charge in [-0.2, -0.15) is 0 Å². The monoisotopic (exact) mass is 282 g/mol. The van der Waals surface area contributed by atoms with Gasteiger partial charge in [0.15, 0.2) is 11.5 Å². The summed E-state index contributed by atoms with van der Waals surface area (Å²) in [6.07, 6.45) is 0.975. The average Bonchev–Trinajstić information content (AvgIpc) is 2.44. The van der Waals surface area contributed by atoms with E-state index in [2.05, 4.69) is 10.2 Å². The fourth-order valence-corrected chi connectivity index (χ4v) is 1.82. The van der Waals surface area contributed by atoms with Crippen LogP contribution in [0.25, 0.3) is 0 Å². The zero-order valence-corrected chi connectivity index (χ0v) is 12.7. The first-order valence-electron chi connectivity index (χ1n) is 6.93. The highest BCUT2D eigenvalue weighted by molar-refractivity contribution is 5.42. The van der Waals surface area contributed by atoms with E-state index in [-0.39, 0.29) is 6.61 Å². The number of hydrogen-bond donors (Lipinski definition) is 2. The minimum absolute atomic E-state index is 0.143. The summed E-state index contributed by atoms with van der Waals surface area (Å²) in [5, 5.41) is 11.9. The maximum atomic E-state index is 8.76. The molecule has 0 aliphatic rings. The number of aliphatic hydroxyl groups is 1. The Kier molecular flexibility index (Phi) is 8.02. The first-order chi connectivity index (χ1) is 9.67. The Labute approximate surface area is 121 Å². The summed E-state index contributed by atoms with van der Waals surface area (Å²) in [5.74, 6) is 1.52. The second-order valence-electron chi connectivity index (χ2n) is 4.89. The van der Waals surface area contributed by atoms with Crippen LogP contribution in [0.5, 0.6) is 11.5 Å². The molecule has 0 spiro atoms. The number of rotatable bonds is 10. The molecule has 0 fully saturated rings. The Morgan fingerprint density at radius 2 is 2.05 bits per heavy atom. The molecule has 1 aromatic rings. The largest absolute Gasteiger partial charge is 0.493 e. The van der Waals surface area contributed by atoms with Crippen molar-refractivity contribution in [2.24, 2.45) is 0 Å². The van der Waals surface area contributed by atoms with E-state index in [1.807, 2.05) is 32.3 Å². The fourth-order valence-electron chi connectivity index (χ4n) is 1.82. The van der Waals surface area contributed by atoms with Crippen LogP contribution in [-0.4, -0.2) is 57.5 Å². The van der Waals surface area contributed by atoms with Crippen molar-refractivity contribution in [3.8, 4) is 11.5 Å². The molecule has 1 aromatic carbocycles. The predicted octanol–water partition coefficient (Wildman–Crippen LogP) is 1.11. The average molecular weight is 282 g/mol. The van der Waals surface area contributed by atoms with Gasteiger partial charge in [-0.05, 0) is 38.2 Å². The number of hydrogen-bond acceptors (Lipinski definition) is 5. The van der Waals surface area contributed by atoms with E-state index in [9.17, 15) is 0 Å². The minimum Gasteiger partial charge on any atom is -0.493 e. The molecular weight excluding hydrogens is 256 g/mol. The maximum absolute atomic E-state index is 8.76. The first kappa shape index (κ1) is 16.8. The standard InChI is InChI=1S/C15H26N2O3/c1-17(2)8-4-10-20-15-11-13(12-16-7-9-18)5-6-14(15)19-3/h5-6,11,16,18H,4,7-10,12H2,1-3H3. The lowest BCUT2D eigenvalue weighted by Gasteiger charge is -2.14. The van der Waals surface area contributed by atoms with E-state index in [4.69, 9.17) is 14.6 Å². The van der Waals surface area contributed by atoms with Gasteiger partial charge in [0.05, 0.1) is 20.3 Å². The molecule has 0 aromatic heterocycles. The van der Waals surface area contributed by atoms with Crippen molar-refractivity contribution in [1.82, 2.24) is 10.2 Å². The van der Waals surface area contributed by atoms with E-state index in [0.717, 1.165) is 30.0 Å². The first-order valence-corrected chi connectivity index (χ1v) is 6.93. The third-order valence-electron chi connectivity index (χ3n) is 2.85. The van der Waals surface area contributed by atoms with E-state index >= 15 is 0 Å². The molecule has 0 saturated heterocycles. The van der Waals surface area contributed by atoms with Gasteiger partial charge in [0, 0.05) is 19.6 Å². The summed E-state index contributed by atoms with van der Waals surface area (Å²) < 4.78 is 11.1. The van der Waals surface area contributed by atoms with E-state index in [1.54, 1.807) is 7.11 Å². The van der Waals surface area contributed by atoms with Gasteiger partial charge in [0.25, 0.3) is 0 Å². The molecule has 0 aliphatic heterocycles. The van der Waals surface area contributed by atoms with Crippen LogP contribution in [0.2, 0.25) is 0 Å². The topological polar surface area (TPSA) is 54.0 Å². The molecule has 0 heterocycles. The van der Waals surface area contributed by atoms with Crippen LogP contribution < -0.4 is 14.8 Å². The van der Waals surface area contributed by atoms with Crippen molar-refractivity contribution < 1.29 is 14.6 Å². The van der Waals surface area contributed by atoms with E-state index < -0.39 is 0 Å². The van der Waals surface area contributed by atoms with Crippen molar-refractivity contribution in [3.05, 3.63) is 23.8 Å². The minimum atomic E-state index is 0.143. The SMILES string of the molecule is COc1ccc(CNCCO)cc1OCCCN(C)C. The van der Waals surface area contributed by atoms with Gasteiger partial charge < -0.3 is 24.8 Å². The van der Waals surface area contributed by atoms with Crippen molar-refractivity contribution in [2.45, 2.75) is 13.0 Å². The van der Waals surface area contributed by atoms with E-state index in [1.165, 1.54) is 0 Å². The Hall–Kier alpha value is -1.30. The molecule has 0 aliphatic carbocycles. The molecule has 114 valence electrons. The van der Waals surface area contributed by atoms with Crippen LogP contribution in [0.1, 0.15) is 12.0 Å². The molecule has 0 saturated carbocycles. The lowest BCUT2D eigenvalue weighted by Crippen LogP contribution is -2.17. The second-order valence-corrected chi connectivity index (χ2v) is 4.89. The molecule has 2 N–H and O–H groups in total. The number of ether oxygens (including phenoxy) is 2. The summed E-state index contributed by atoms with van der Waals surface area (Å²) >= 11 is 0. The number of benzene rings is 1. The fraction of sp³-hybridized carbons (Fsp3) is 0.600. The van der Waals surface area contributed by atoms with Gasteiger partial charge >= 0.3 is 0 Å². The summed E-state index contributed by atoms with van der Waals surface area (Å²) in [7, 11) is 5.74. The third-order valence-corrected chi connectivity index (χ3v) is 2.85. The molecule has 0 amide bonds. The smallest absolute Gasteiger partial charge is 0.161 e. The zero-order valence-electron chi connectivity index (χ0n) is 12.7.